The lowest BCUT2D eigenvalue weighted by molar-refractivity contribution is -0.122. The number of nitrogens with one attached hydrogen (secondary N) is 2. The van der Waals surface area contributed by atoms with Gasteiger partial charge < -0.3 is 15.1 Å². The molecular formula is C12H17BrN2O3. The van der Waals surface area contributed by atoms with E-state index in [9.17, 15) is 9.59 Å². The number of rotatable bonds is 5. The number of amides is 2. The van der Waals surface area contributed by atoms with Crippen LogP contribution in [0.5, 0.6) is 0 Å². The van der Waals surface area contributed by atoms with Crippen molar-refractivity contribution in [1.29, 1.82) is 0 Å². The van der Waals surface area contributed by atoms with Gasteiger partial charge in [0.15, 0.2) is 4.67 Å². The molecule has 1 aromatic rings. The molecule has 2 amide bonds. The molecule has 0 aliphatic carbocycles. The first-order valence-corrected chi connectivity index (χ1v) is 6.52. The molecule has 0 radical (unpaired) electrons. The molecule has 0 aliphatic heterocycles. The summed E-state index contributed by atoms with van der Waals surface area (Å²) in [5, 5.41) is 5.36. The molecule has 0 saturated carbocycles. The van der Waals surface area contributed by atoms with Crippen molar-refractivity contribution in [3.05, 3.63) is 22.6 Å². The SMILES string of the molecule is CC(C)CNC(=O)C(C)NC(=O)c1ccoc1Br. The minimum Gasteiger partial charge on any atom is -0.457 e. The van der Waals surface area contributed by atoms with Gasteiger partial charge in [-0.15, -0.1) is 0 Å². The Labute approximate surface area is 114 Å². The van der Waals surface area contributed by atoms with Gasteiger partial charge in [-0.25, -0.2) is 0 Å². The van der Waals surface area contributed by atoms with E-state index in [1.165, 1.54) is 12.3 Å². The molecule has 1 aromatic heterocycles. The Morgan fingerprint density at radius 2 is 2.06 bits per heavy atom. The maximum Gasteiger partial charge on any atom is 0.256 e. The minimum atomic E-state index is -0.585. The van der Waals surface area contributed by atoms with Gasteiger partial charge in [-0.2, -0.15) is 0 Å². The van der Waals surface area contributed by atoms with E-state index in [1.54, 1.807) is 6.92 Å². The fourth-order valence-corrected chi connectivity index (χ4v) is 1.67. The topological polar surface area (TPSA) is 71.3 Å². The van der Waals surface area contributed by atoms with E-state index in [2.05, 4.69) is 26.6 Å². The first kappa shape index (κ1) is 14.8. The molecule has 1 heterocycles. The number of carbonyl (C=O) groups excluding carboxylic acids is 2. The highest BCUT2D eigenvalue weighted by Crippen LogP contribution is 2.17. The summed E-state index contributed by atoms with van der Waals surface area (Å²) in [5.41, 5.74) is 0.374. The van der Waals surface area contributed by atoms with Crippen molar-refractivity contribution in [3.63, 3.8) is 0 Å². The van der Waals surface area contributed by atoms with E-state index in [-0.39, 0.29) is 11.8 Å². The molecule has 1 atom stereocenters. The number of hydrogen-bond donors (Lipinski definition) is 2. The Bertz CT molecular complexity index is 429. The van der Waals surface area contributed by atoms with Crippen LogP contribution in [0.1, 0.15) is 31.1 Å². The first-order chi connectivity index (χ1) is 8.41. The van der Waals surface area contributed by atoms with Gasteiger partial charge in [-0.3, -0.25) is 9.59 Å². The molecule has 0 bridgehead atoms. The minimum absolute atomic E-state index is 0.198. The van der Waals surface area contributed by atoms with Crippen LogP contribution in [0, 0.1) is 5.92 Å². The predicted molar refractivity (Wildman–Crippen MR) is 71.2 cm³/mol. The lowest BCUT2D eigenvalue weighted by Gasteiger charge is -2.14. The molecule has 0 fully saturated rings. The Balaban J connectivity index is 2.49. The van der Waals surface area contributed by atoms with E-state index in [0.717, 1.165) is 0 Å². The van der Waals surface area contributed by atoms with Crippen molar-refractivity contribution in [2.24, 2.45) is 5.92 Å². The Kier molecular flexibility index (Phi) is 5.40. The van der Waals surface area contributed by atoms with Gasteiger partial charge in [0.05, 0.1) is 11.8 Å². The third-order valence-electron chi connectivity index (χ3n) is 2.29. The van der Waals surface area contributed by atoms with Crippen LogP contribution in [0.15, 0.2) is 21.4 Å². The summed E-state index contributed by atoms with van der Waals surface area (Å²) in [6.45, 7) is 6.24. The second-order valence-electron chi connectivity index (χ2n) is 4.44. The van der Waals surface area contributed by atoms with E-state index >= 15 is 0 Å². The van der Waals surface area contributed by atoms with Crippen molar-refractivity contribution in [3.8, 4) is 0 Å². The van der Waals surface area contributed by atoms with Crippen molar-refractivity contribution >= 4 is 27.7 Å². The Hall–Kier alpha value is -1.30. The molecule has 0 aliphatic rings. The number of furan rings is 1. The third-order valence-corrected chi connectivity index (χ3v) is 2.90. The smallest absolute Gasteiger partial charge is 0.256 e. The second-order valence-corrected chi connectivity index (χ2v) is 5.16. The van der Waals surface area contributed by atoms with Crippen molar-refractivity contribution < 1.29 is 14.0 Å². The van der Waals surface area contributed by atoms with Crippen LogP contribution in [-0.4, -0.2) is 24.4 Å². The monoisotopic (exact) mass is 316 g/mol. The third kappa shape index (κ3) is 4.18. The van der Waals surface area contributed by atoms with Gasteiger partial charge in [0, 0.05) is 6.54 Å². The number of carbonyl (C=O) groups is 2. The number of halogens is 1. The molecule has 100 valence electrons. The average molecular weight is 317 g/mol. The molecule has 1 rings (SSSR count). The Morgan fingerprint density at radius 3 is 2.56 bits per heavy atom. The summed E-state index contributed by atoms with van der Waals surface area (Å²) in [7, 11) is 0. The molecule has 2 N–H and O–H groups in total. The summed E-state index contributed by atoms with van der Waals surface area (Å²) in [4.78, 5) is 23.5. The molecule has 0 spiro atoms. The van der Waals surface area contributed by atoms with E-state index < -0.39 is 6.04 Å². The quantitative estimate of drug-likeness (QED) is 0.872. The largest absolute Gasteiger partial charge is 0.457 e. The highest BCUT2D eigenvalue weighted by Gasteiger charge is 2.19. The van der Waals surface area contributed by atoms with E-state index in [4.69, 9.17) is 4.42 Å². The van der Waals surface area contributed by atoms with Crippen LogP contribution in [0.25, 0.3) is 0 Å². The molecule has 5 nitrogen and oxygen atoms in total. The summed E-state index contributed by atoms with van der Waals surface area (Å²) in [6, 6.07) is 0.955. The normalized spacial score (nSPS) is 12.3. The fraction of sp³-hybridized carbons (Fsp3) is 0.500. The van der Waals surface area contributed by atoms with Crippen LogP contribution in [-0.2, 0) is 4.79 Å². The van der Waals surface area contributed by atoms with E-state index in [0.29, 0.717) is 22.7 Å². The molecule has 1 unspecified atom stereocenters. The summed E-state index contributed by atoms with van der Waals surface area (Å²) in [6.07, 6.45) is 1.41. The molecule has 18 heavy (non-hydrogen) atoms. The highest BCUT2D eigenvalue weighted by atomic mass is 79.9. The fourth-order valence-electron chi connectivity index (χ4n) is 1.25. The first-order valence-electron chi connectivity index (χ1n) is 5.73. The van der Waals surface area contributed by atoms with Crippen molar-refractivity contribution in [2.75, 3.05) is 6.54 Å². The maximum atomic E-state index is 11.8. The van der Waals surface area contributed by atoms with Gasteiger partial charge in [0.25, 0.3) is 5.91 Å². The zero-order valence-electron chi connectivity index (χ0n) is 10.6. The van der Waals surface area contributed by atoms with Crippen LogP contribution >= 0.6 is 15.9 Å². The van der Waals surface area contributed by atoms with Crippen LogP contribution in [0.3, 0.4) is 0 Å². The number of hydrogen-bond acceptors (Lipinski definition) is 3. The van der Waals surface area contributed by atoms with Gasteiger partial charge in [-0.1, -0.05) is 13.8 Å². The average Bonchev–Trinajstić information content (AvgIpc) is 2.72. The standard InChI is InChI=1S/C12H17BrN2O3/c1-7(2)6-14-11(16)8(3)15-12(17)9-4-5-18-10(9)13/h4-5,7-8H,6H2,1-3H3,(H,14,16)(H,15,17). The molecular weight excluding hydrogens is 300 g/mol. The molecule has 0 aromatic carbocycles. The summed E-state index contributed by atoms with van der Waals surface area (Å²) < 4.78 is 5.32. The van der Waals surface area contributed by atoms with Gasteiger partial charge in [0.2, 0.25) is 5.91 Å². The molecule has 0 saturated heterocycles. The second kappa shape index (κ2) is 6.58. The van der Waals surface area contributed by atoms with Gasteiger partial charge in [0.1, 0.15) is 6.04 Å². The summed E-state index contributed by atoms with van der Waals surface area (Å²) in [5.74, 6) is -0.167. The zero-order chi connectivity index (χ0) is 13.7. The predicted octanol–water partition coefficient (Wildman–Crippen LogP) is 1.93. The van der Waals surface area contributed by atoms with Gasteiger partial charge >= 0.3 is 0 Å². The summed E-state index contributed by atoms with van der Waals surface area (Å²) >= 11 is 3.12. The van der Waals surface area contributed by atoms with Crippen molar-refractivity contribution in [2.45, 2.75) is 26.8 Å². The molecule has 6 heteroatoms. The van der Waals surface area contributed by atoms with Crippen molar-refractivity contribution in [1.82, 2.24) is 10.6 Å². The van der Waals surface area contributed by atoms with Crippen LogP contribution in [0.4, 0.5) is 0 Å². The zero-order valence-corrected chi connectivity index (χ0v) is 12.2. The van der Waals surface area contributed by atoms with Crippen LogP contribution < -0.4 is 10.6 Å². The van der Waals surface area contributed by atoms with E-state index in [1.807, 2.05) is 13.8 Å². The van der Waals surface area contributed by atoms with Gasteiger partial charge in [-0.05, 0) is 34.8 Å². The lowest BCUT2D eigenvalue weighted by atomic mass is 10.2. The van der Waals surface area contributed by atoms with Crippen LogP contribution in [0.2, 0.25) is 0 Å². The highest BCUT2D eigenvalue weighted by molar-refractivity contribution is 9.10. The maximum absolute atomic E-state index is 11.8. The lowest BCUT2D eigenvalue weighted by Crippen LogP contribution is -2.45. The Morgan fingerprint density at radius 1 is 1.39 bits per heavy atom.